The standard InChI is InChI=1S/C17H15IN2/c18-15-8-2-1-7-14(15)13-19-16-9-3-4-10-17(16)20-11-5-6-12-20/h1-12,19H,13H2. The van der Waals surface area contributed by atoms with E-state index in [0.29, 0.717) is 0 Å². The SMILES string of the molecule is Ic1ccccc1CNc1ccccc1-n1cccc1. The van der Waals surface area contributed by atoms with E-state index in [-0.39, 0.29) is 0 Å². The van der Waals surface area contributed by atoms with Crippen LogP contribution in [0.3, 0.4) is 0 Å². The Morgan fingerprint density at radius 1 is 0.850 bits per heavy atom. The summed E-state index contributed by atoms with van der Waals surface area (Å²) in [7, 11) is 0. The Balaban J connectivity index is 1.84. The number of halogens is 1. The minimum absolute atomic E-state index is 0.831. The quantitative estimate of drug-likeness (QED) is 0.656. The maximum Gasteiger partial charge on any atom is 0.0682 e. The van der Waals surface area contributed by atoms with E-state index in [1.54, 1.807) is 0 Å². The van der Waals surface area contributed by atoms with Crippen molar-refractivity contribution in [2.24, 2.45) is 0 Å². The van der Waals surface area contributed by atoms with Crippen molar-refractivity contribution in [3.8, 4) is 5.69 Å². The molecule has 0 amide bonds. The number of rotatable bonds is 4. The molecule has 0 radical (unpaired) electrons. The fourth-order valence-electron chi connectivity index (χ4n) is 2.18. The fraction of sp³-hybridized carbons (Fsp3) is 0.0588. The second-order valence-electron chi connectivity index (χ2n) is 4.55. The van der Waals surface area contributed by atoms with Crippen LogP contribution in [-0.2, 0) is 6.54 Å². The first-order valence-corrected chi connectivity index (χ1v) is 7.62. The molecule has 2 aromatic carbocycles. The van der Waals surface area contributed by atoms with Crippen LogP contribution >= 0.6 is 22.6 Å². The van der Waals surface area contributed by atoms with Gasteiger partial charge in [-0.2, -0.15) is 0 Å². The van der Waals surface area contributed by atoms with E-state index in [1.807, 2.05) is 12.1 Å². The Bertz CT molecular complexity index is 690. The van der Waals surface area contributed by atoms with Crippen molar-refractivity contribution < 1.29 is 0 Å². The molecule has 20 heavy (non-hydrogen) atoms. The minimum Gasteiger partial charge on any atom is -0.379 e. The van der Waals surface area contributed by atoms with Gasteiger partial charge in [0.15, 0.2) is 0 Å². The van der Waals surface area contributed by atoms with E-state index < -0.39 is 0 Å². The molecule has 0 spiro atoms. The first kappa shape index (κ1) is 13.2. The number of anilines is 1. The summed E-state index contributed by atoms with van der Waals surface area (Å²) in [6.07, 6.45) is 4.12. The Hall–Kier alpha value is -1.75. The molecule has 3 heteroatoms. The Morgan fingerprint density at radius 2 is 1.55 bits per heavy atom. The molecule has 0 saturated heterocycles. The topological polar surface area (TPSA) is 17.0 Å². The van der Waals surface area contributed by atoms with Gasteiger partial charge in [0.05, 0.1) is 11.4 Å². The zero-order valence-corrected chi connectivity index (χ0v) is 13.1. The van der Waals surface area contributed by atoms with Crippen LogP contribution in [0.5, 0.6) is 0 Å². The maximum atomic E-state index is 3.53. The lowest BCUT2D eigenvalue weighted by atomic mass is 10.2. The molecule has 0 aliphatic heterocycles. The normalized spacial score (nSPS) is 10.4. The van der Waals surface area contributed by atoms with Gasteiger partial charge < -0.3 is 9.88 Å². The van der Waals surface area contributed by atoms with E-state index >= 15 is 0 Å². The summed E-state index contributed by atoms with van der Waals surface area (Å²) in [4.78, 5) is 0. The molecule has 0 fully saturated rings. The summed E-state index contributed by atoms with van der Waals surface area (Å²) in [5, 5.41) is 3.53. The van der Waals surface area contributed by atoms with E-state index in [0.717, 1.165) is 12.2 Å². The highest BCUT2D eigenvalue weighted by Gasteiger charge is 2.04. The van der Waals surface area contributed by atoms with Gasteiger partial charge in [-0.3, -0.25) is 0 Å². The van der Waals surface area contributed by atoms with Gasteiger partial charge in [-0.15, -0.1) is 0 Å². The van der Waals surface area contributed by atoms with Crippen LogP contribution in [0.1, 0.15) is 5.56 Å². The maximum absolute atomic E-state index is 3.53. The van der Waals surface area contributed by atoms with Gasteiger partial charge in [0, 0.05) is 22.5 Å². The predicted molar refractivity (Wildman–Crippen MR) is 92.3 cm³/mol. The smallest absolute Gasteiger partial charge is 0.0682 e. The van der Waals surface area contributed by atoms with Crippen molar-refractivity contribution in [1.29, 1.82) is 0 Å². The molecular weight excluding hydrogens is 359 g/mol. The van der Waals surface area contributed by atoms with Crippen LogP contribution < -0.4 is 5.32 Å². The van der Waals surface area contributed by atoms with Crippen molar-refractivity contribution in [3.63, 3.8) is 0 Å². The number of nitrogens with one attached hydrogen (secondary N) is 1. The second kappa shape index (κ2) is 6.13. The average molecular weight is 374 g/mol. The van der Waals surface area contributed by atoms with E-state index in [4.69, 9.17) is 0 Å². The van der Waals surface area contributed by atoms with Crippen LogP contribution in [0.2, 0.25) is 0 Å². The molecule has 0 atom stereocenters. The lowest BCUT2D eigenvalue weighted by molar-refractivity contribution is 1.06. The van der Waals surface area contributed by atoms with Crippen molar-refractivity contribution in [3.05, 3.63) is 82.2 Å². The highest BCUT2D eigenvalue weighted by molar-refractivity contribution is 14.1. The second-order valence-corrected chi connectivity index (χ2v) is 5.71. The Labute approximate surface area is 132 Å². The molecule has 3 rings (SSSR count). The number of hydrogen-bond donors (Lipinski definition) is 1. The van der Waals surface area contributed by atoms with Gasteiger partial charge in [-0.25, -0.2) is 0 Å². The van der Waals surface area contributed by atoms with Crippen molar-refractivity contribution >= 4 is 28.3 Å². The van der Waals surface area contributed by atoms with E-state index in [9.17, 15) is 0 Å². The summed E-state index contributed by atoms with van der Waals surface area (Å²) >= 11 is 2.38. The van der Waals surface area contributed by atoms with Gasteiger partial charge in [0.2, 0.25) is 0 Å². The zero-order chi connectivity index (χ0) is 13.8. The van der Waals surface area contributed by atoms with Gasteiger partial charge in [0.25, 0.3) is 0 Å². The van der Waals surface area contributed by atoms with Crippen molar-refractivity contribution in [1.82, 2.24) is 4.57 Å². The number of benzene rings is 2. The number of nitrogens with zero attached hydrogens (tertiary/aromatic N) is 1. The highest BCUT2D eigenvalue weighted by atomic mass is 127. The molecule has 1 aromatic heterocycles. The molecule has 100 valence electrons. The van der Waals surface area contributed by atoms with Crippen LogP contribution in [0.4, 0.5) is 5.69 Å². The van der Waals surface area contributed by atoms with E-state index in [1.165, 1.54) is 14.8 Å². The van der Waals surface area contributed by atoms with Gasteiger partial charge in [0.1, 0.15) is 0 Å². The third-order valence-corrected chi connectivity index (χ3v) is 4.27. The largest absolute Gasteiger partial charge is 0.379 e. The molecule has 0 aliphatic rings. The van der Waals surface area contributed by atoms with Crippen molar-refractivity contribution in [2.45, 2.75) is 6.54 Å². The monoisotopic (exact) mass is 374 g/mol. The molecule has 0 saturated carbocycles. The van der Waals surface area contributed by atoms with Crippen LogP contribution in [-0.4, -0.2) is 4.57 Å². The average Bonchev–Trinajstić information content (AvgIpc) is 3.01. The third-order valence-electron chi connectivity index (χ3n) is 3.21. The molecular formula is C17H15IN2. The summed E-state index contributed by atoms with van der Waals surface area (Å²) < 4.78 is 3.41. The Kier molecular flexibility index (Phi) is 4.06. The fourth-order valence-corrected chi connectivity index (χ4v) is 2.75. The minimum atomic E-state index is 0.831. The summed E-state index contributed by atoms with van der Waals surface area (Å²) in [5.41, 5.74) is 3.63. The van der Waals surface area contributed by atoms with E-state index in [2.05, 4.69) is 93.4 Å². The third kappa shape index (κ3) is 2.88. The van der Waals surface area contributed by atoms with Crippen molar-refractivity contribution in [2.75, 3.05) is 5.32 Å². The van der Waals surface area contributed by atoms with Gasteiger partial charge >= 0.3 is 0 Å². The molecule has 0 bridgehead atoms. The zero-order valence-electron chi connectivity index (χ0n) is 11.0. The molecule has 1 heterocycles. The predicted octanol–water partition coefficient (Wildman–Crippen LogP) is 4.69. The van der Waals surface area contributed by atoms with Gasteiger partial charge in [-0.1, -0.05) is 30.3 Å². The van der Waals surface area contributed by atoms with Crippen LogP contribution in [0.25, 0.3) is 5.69 Å². The highest BCUT2D eigenvalue weighted by Crippen LogP contribution is 2.21. The van der Waals surface area contributed by atoms with Gasteiger partial charge in [-0.05, 0) is 58.5 Å². The van der Waals surface area contributed by atoms with Crippen LogP contribution in [0.15, 0.2) is 73.1 Å². The molecule has 3 aromatic rings. The first-order valence-electron chi connectivity index (χ1n) is 6.54. The summed E-state index contributed by atoms with van der Waals surface area (Å²) in [6, 6.07) is 20.9. The number of hydrogen-bond acceptors (Lipinski definition) is 1. The molecule has 2 nitrogen and oxygen atoms in total. The number of aromatic nitrogens is 1. The summed E-state index contributed by atoms with van der Waals surface area (Å²) in [5.74, 6) is 0. The summed E-state index contributed by atoms with van der Waals surface area (Å²) in [6.45, 7) is 0.831. The molecule has 1 N–H and O–H groups in total. The molecule has 0 aliphatic carbocycles. The van der Waals surface area contributed by atoms with Crippen LogP contribution in [0, 0.1) is 3.57 Å². The molecule has 0 unspecified atom stereocenters. The first-order chi connectivity index (χ1) is 9.84. The lowest BCUT2D eigenvalue weighted by Gasteiger charge is -2.13. The lowest BCUT2D eigenvalue weighted by Crippen LogP contribution is -2.04. The Morgan fingerprint density at radius 3 is 2.35 bits per heavy atom. The number of para-hydroxylation sites is 2.